The molecule has 1 saturated carbocycles. The van der Waals surface area contributed by atoms with Crippen molar-refractivity contribution in [3.8, 4) is 5.75 Å². The number of rotatable bonds is 3. The Labute approximate surface area is 114 Å². The maximum Gasteiger partial charge on any atom is 0.140 e. The highest BCUT2D eigenvalue weighted by molar-refractivity contribution is 6.33. The van der Waals surface area contributed by atoms with Gasteiger partial charge in [-0.3, -0.25) is 0 Å². The third-order valence-corrected chi connectivity index (χ3v) is 5.00. The van der Waals surface area contributed by atoms with Gasteiger partial charge in [0.1, 0.15) is 5.75 Å². The van der Waals surface area contributed by atoms with Crippen molar-refractivity contribution in [3.05, 3.63) is 27.3 Å². The number of benzene rings is 1. The first kappa shape index (κ1) is 13.7. The fourth-order valence-corrected chi connectivity index (χ4v) is 3.45. The Balaban J connectivity index is 2.70. The van der Waals surface area contributed by atoms with Crippen LogP contribution in [0.5, 0.6) is 5.75 Å². The summed E-state index contributed by atoms with van der Waals surface area (Å²) < 4.78 is 5.42. The Hall–Kier alpha value is -0.730. The molecule has 0 bridgehead atoms. The molecule has 0 aliphatic heterocycles. The Morgan fingerprint density at radius 3 is 2.11 bits per heavy atom. The lowest BCUT2D eigenvalue weighted by Crippen LogP contribution is -2.33. The molecule has 0 radical (unpaired) electrons. The first-order valence-electron chi connectivity index (χ1n) is 6.46. The Bertz CT molecular complexity index is 461. The van der Waals surface area contributed by atoms with Gasteiger partial charge in [0, 0.05) is 11.5 Å². The van der Waals surface area contributed by atoms with E-state index in [0.29, 0.717) is 0 Å². The van der Waals surface area contributed by atoms with E-state index < -0.39 is 0 Å². The summed E-state index contributed by atoms with van der Waals surface area (Å²) in [6.07, 6.45) is 2.32. The van der Waals surface area contributed by atoms with Gasteiger partial charge >= 0.3 is 0 Å². The van der Waals surface area contributed by atoms with Crippen LogP contribution in [0.3, 0.4) is 0 Å². The lowest BCUT2D eigenvalue weighted by Gasteiger charge is -2.27. The standard InChI is InChI=1S/C15H22ClNO/c1-8-9(2)14(18-5)13(16)10(3)12(8)15(6-7-15)11(4)17/h11H,6-7,17H2,1-5H3. The number of ether oxygens (including phenoxy) is 1. The van der Waals surface area contributed by atoms with Gasteiger partial charge in [-0.05, 0) is 62.8 Å². The van der Waals surface area contributed by atoms with Crippen LogP contribution < -0.4 is 10.5 Å². The van der Waals surface area contributed by atoms with Crippen molar-refractivity contribution >= 4 is 11.6 Å². The van der Waals surface area contributed by atoms with E-state index in [1.807, 2.05) is 0 Å². The van der Waals surface area contributed by atoms with Gasteiger partial charge in [0.05, 0.1) is 12.1 Å². The topological polar surface area (TPSA) is 35.2 Å². The molecule has 1 unspecified atom stereocenters. The quantitative estimate of drug-likeness (QED) is 0.907. The lowest BCUT2D eigenvalue weighted by molar-refractivity contribution is 0.410. The first-order chi connectivity index (χ1) is 8.36. The summed E-state index contributed by atoms with van der Waals surface area (Å²) in [4.78, 5) is 0. The van der Waals surface area contributed by atoms with Crippen molar-refractivity contribution in [1.29, 1.82) is 0 Å². The minimum atomic E-state index is 0.134. The van der Waals surface area contributed by atoms with Crippen molar-refractivity contribution in [2.75, 3.05) is 7.11 Å². The molecule has 2 nitrogen and oxygen atoms in total. The van der Waals surface area contributed by atoms with Gasteiger partial charge in [0.15, 0.2) is 0 Å². The summed E-state index contributed by atoms with van der Waals surface area (Å²) in [6, 6.07) is 0.166. The molecule has 2 rings (SSSR count). The molecule has 18 heavy (non-hydrogen) atoms. The first-order valence-corrected chi connectivity index (χ1v) is 6.84. The third kappa shape index (κ3) is 1.74. The average Bonchev–Trinajstić information content (AvgIpc) is 3.09. The molecular weight excluding hydrogens is 246 g/mol. The van der Waals surface area contributed by atoms with Crippen LogP contribution in [0.4, 0.5) is 0 Å². The normalized spacial score (nSPS) is 18.6. The van der Waals surface area contributed by atoms with Crippen molar-refractivity contribution in [2.45, 2.75) is 52.0 Å². The Kier molecular flexibility index (Phi) is 3.37. The monoisotopic (exact) mass is 267 g/mol. The van der Waals surface area contributed by atoms with Crippen molar-refractivity contribution in [1.82, 2.24) is 0 Å². The second-order valence-corrected chi connectivity index (χ2v) is 5.92. The molecule has 1 atom stereocenters. The van der Waals surface area contributed by atoms with Crippen LogP contribution in [0.25, 0.3) is 0 Å². The van der Waals surface area contributed by atoms with E-state index in [9.17, 15) is 0 Å². The molecule has 0 amide bonds. The highest BCUT2D eigenvalue weighted by Crippen LogP contribution is 2.55. The summed E-state index contributed by atoms with van der Waals surface area (Å²) in [7, 11) is 1.67. The smallest absolute Gasteiger partial charge is 0.140 e. The summed E-state index contributed by atoms with van der Waals surface area (Å²) in [5.41, 5.74) is 11.2. The predicted octanol–water partition coefficient (Wildman–Crippen LogP) is 3.65. The van der Waals surface area contributed by atoms with Crippen LogP contribution in [-0.2, 0) is 5.41 Å². The molecular formula is C15H22ClNO. The highest BCUT2D eigenvalue weighted by Gasteiger charge is 2.49. The van der Waals surface area contributed by atoms with Crippen molar-refractivity contribution in [2.24, 2.45) is 5.73 Å². The second-order valence-electron chi connectivity index (χ2n) is 5.54. The number of halogens is 1. The number of hydrogen-bond donors (Lipinski definition) is 1. The van der Waals surface area contributed by atoms with Gasteiger partial charge < -0.3 is 10.5 Å². The van der Waals surface area contributed by atoms with E-state index >= 15 is 0 Å². The molecule has 3 heteroatoms. The summed E-state index contributed by atoms with van der Waals surface area (Å²) >= 11 is 6.45. The molecule has 2 N–H and O–H groups in total. The van der Waals surface area contributed by atoms with E-state index in [-0.39, 0.29) is 11.5 Å². The van der Waals surface area contributed by atoms with E-state index in [4.69, 9.17) is 22.1 Å². The van der Waals surface area contributed by atoms with Gasteiger partial charge in [-0.25, -0.2) is 0 Å². The minimum Gasteiger partial charge on any atom is -0.495 e. The molecule has 1 fully saturated rings. The molecule has 1 aliphatic rings. The van der Waals surface area contributed by atoms with Crippen LogP contribution in [-0.4, -0.2) is 13.2 Å². The molecule has 0 heterocycles. The van der Waals surface area contributed by atoms with E-state index in [1.54, 1.807) is 7.11 Å². The molecule has 0 saturated heterocycles. The summed E-state index contributed by atoms with van der Waals surface area (Å²) in [5, 5.41) is 0.738. The van der Waals surface area contributed by atoms with Gasteiger partial charge in [-0.1, -0.05) is 11.6 Å². The number of hydrogen-bond acceptors (Lipinski definition) is 2. The maximum atomic E-state index is 6.45. The zero-order chi connectivity index (χ0) is 13.7. The molecule has 100 valence electrons. The van der Waals surface area contributed by atoms with Gasteiger partial charge in [-0.2, -0.15) is 0 Å². The third-order valence-electron chi connectivity index (χ3n) is 4.54. The molecule has 0 aromatic heterocycles. The lowest BCUT2D eigenvalue weighted by atomic mass is 9.81. The van der Waals surface area contributed by atoms with E-state index in [1.165, 1.54) is 11.1 Å². The Morgan fingerprint density at radius 2 is 1.72 bits per heavy atom. The fraction of sp³-hybridized carbons (Fsp3) is 0.600. The number of nitrogens with two attached hydrogens (primary N) is 1. The molecule has 1 aromatic rings. The van der Waals surface area contributed by atoms with Crippen molar-refractivity contribution in [3.63, 3.8) is 0 Å². The summed E-state index contributed by atoms with van der Waals surface area (Å²) in [5.74, 6) is 0.802. The van der Waals surface area contributed by atoms with Crippen LogP contribution in [0, 0.1) is 20.8 Å². The van der Waals surface area contributed by atoms with Gasteiger partial charge in [0.2, 0.25) is 0 Å². The summed E-state index contributed by atoms with van der Waals surface area (Å²) in [6.45, 7) is 8.40. The van der Waals surface area contributed by atoms with E-state index in [2.05, 4.69) is 27.7 Å². The molecule has 1 aliphatic carbocycles. The molecule has 0 spiro atoms. The molecule has 1 aromatic carbocycles. The van der Waals surface area contributed by atoms with E-state index in [0.717, 1.165) is 34.7 Å². The Morgan fingerprint density at radius 1 is 1.17 bits per heavy atom. The van der Waals surface area contributed by atoms with Crippen LogP contribution in [0.2, 0.25) is 5.02 Å². The van der Waals surface area contributed by atoms with Crippen molar-refractivity contribution < 1.29 is 4.74 Å². The zero-order valence-electron chi connectivity index (χ0n) is 11.9. The van der Waals surface area contributed by atoms with Crippen LogP contribution in [0.1, 0.15) is 42.0 Å². The predicted molar refractivity (Wildman–Crippen MR) is 76.8 cm³/mol. The highest BCUT2D eigenvalue weighted by atomic mass is 35.5. The maximum absolute atomic E-state index is 6.45. The van der Waals surface area contributed by atoms with Crippen LogP contribution >= 0.6 is 11.6 Å². The SMILES string of the molecule is COc1c(C)c(C)c(C2(C(C)N)CC2)c(C)c1Cl. The fourth-order valence-electron chi connectivity index (χ4n) is 3.14. The minimum absolute atomic E-state index is 0.134. The zero-order valence-corrected chi connectivity index (χ0v) is 12.6. The average molecular weight is 268 g/mol. The largest absolute Gasteiger partial charge is 0.495 e. The van der Waals surface area contributed by atoms with Gasteiger partial charge in [0.25, 0.3) is 0 Å². The van der Waals surface area contributed by atoms with Gasteiger partial charge in [-0.15, -0.1) is 0 Å². The second kappa shape index (κ2) is 4.43. The van der Waals surface area contributed by atoms with Crippen LogP contribution in [0.15, 0.2) is 0 Å². The number of methoxy groups -OCH3 is 1.